The van der Waals surface area contributed by atoms with Crippen molar-refractivity contribution in [1.82, 2.24) is 4.98 Å². The van der Waals surface area contributed by atoms with Crippen molar-refractivity contribution in [2.45, 2.75) is 6.43 Å². The number of aromatic nitrogens is 1. The van der Waals surface area contributed by atoms with E-state index < -0.39 is 17.9 Å². The third-order valence-electron chi connectivity index (χ3n) is 1.12. The number of hydrogen-bond donors (Lipinski definition) is 0. The highest BCUT2D eigenvalue weighted by atomic mass is 79.9. The average molecular weight is 305 g/mol. The van der Waals surface area contributed by atoms with Gasteiger partial charge >= 0.3 is 0 Å². The van der Waals surface area contributed by atoms with Crippen molar-refractivity contribution in [3.8, 4) is 0 Å². The Morgan fingerprint density at radius 2 is 1.92 bits per heavy atom. The molecule has 1 rings (SSSR count). The van der Waals surface area contributed by atoms with Gasteiger partial charge in [0.25, 0.3) is 6.43 Å². The first kappa shape index (κ1) is 9.98. The second-order valence-electron chi connectivity index (χ2n) is 1.93. The van der Waals surface area contributed by atoms with Crippen LogP contribution in [0.1, 0.15) is 12.1 Å². The third kappa shape index (κ3) is 1.98. The molecule has 1 nitrogen and oxygen atoms in total. The normalized spacial score (nSPS) is 10.8. The molecule has 0 atom stereocenters. The summed E-state index contributed by atoms with van der Waals surface area (Å²) in [5.41, 5.74) is -0.463. The Hall–Kier alpha value is -0.100. The lowest BCUT2D eigenvalue weighted by atomic mass is 10.3. The van der Waals surface area contributed by atoms with Gasteiger partial charge in [0.1, 0.15) is 10.3 Å². The van der Waals surface area contributed by atoms with Gasteiger partial charge in [0.15, 0.2) is 5.82 Å². The number of nitrogens with zero attached hydrogens (tertiary/aromatic N) is 1. The minimum absolute atomic E-state index is 0.0281. The molecule has 0 radical (unpaired) electrons. The summed E-state index contributed by atoms with van der Waals surface area (Å²) < 4.78 is 36.6. The van der Waals surface area contributed by atoms with Gasteiger partial charge in [-0.15, -0.1) is 0 Å². The molecule has 1 aromatic rings. The summed E-state index contributed by atoms with van der Waals surface area (Å²) in [6, 6.07) is 0.949. The molecule has 0 aliphatic heterocycles. The van der Waals surface area contributed by atoms with Gasteiger partial charge in [0.2, 0.25) is 0 Å². The van der Waals surface area contributed by atoms with Crippen molar-refractivity contribution < 1.29 is 13.2 Å². The Morgan fingerprint density at radius 3 is 2.33 bits per heavy atom. The average Bonchev–Trinajstić information content (AvgIpc) is 1.99. The zero-order chi connectivity index (χ0) is 9.30. The molecule has 0 aliphatic rings. The number of alkyl halides is 2. The van der Waals surface area contributed by atoms with E-state index in [9.17, 15) is 13.2 Å². The van der Waals surface area contributed by atoms with Crippen LogP contribution in [0.15, 0.2) is 15.1 Å². The first-order valence-corrected chi connectivity index (χ1v) is 4.40. The van der Waals surface area contributed by atoms with Crippen LogP contribution < -0.4 is 0 Å². The van der Waals surface area contributed by atoms with Crippen molar-refractivity contribution in [3.63, 3.8) is 0 Å². The lowest BCUT2D eigenvalue weighted by Crippen LogP contribution is -1.94. The smallest absolute Gasteiger partial charge is 0.237 e. The van der Waals surface area contributed by atoms with Crippen LogP contribution in [0.4, 0.5) is 13.2 Å². The fourth-order valence-electron chi connectivity index (χ4n) is 0.598. The molecule has 0 N–H and O–H groups in total. The largest absolute Gasteiger partial charge is 0.280 e. The van der Waals surface area contributed by atoms with Gasteiger partial charge in [-0.05, 0) is 37.9 Å². The van der Waals surface area contributed by atoms with E-state index in [2.05, 4.69) is 36.8 Å². The van der Waals surface area contributed by atoms with E-state index in [-0.39, 0.29) is 9.08 Å². The van der Waals surface area contributed by atoms with Gasteiger partial charge in [-0.25, -0.2) is 18.2 Å². The fraction of sp³-hybridized carbons (Fsp3) is 0.167. The van der Waals surface area contributed by atoms with Crippen LogP contribution in [-0.4, -0.2) is 4.98 Å². The van der Waals surface area contributed by atoms with Crippen LogP contribution in [0, 0.1) is 5.82 Å². The van der Waals surface area contributed by atoms with Crippen molar-refractivity contribution >= 4 is 31.9 Å². The van der Waals surface area contributed by atoms with E-state index in [1.807, 2.05) is 0 Å². The van der Waals surface area contributed by atoms with Crippen molar-refractivity contribution in [2.24, 2.45) is 0 Å². The Kier molecular flexibility index (Phi) is 3.11. The van der Waals surface area contributed by atoms with E-state index >= 15 is 0 Å². The van der Waals surface area contributed by atoms with E-state index in [1.54, 1.807) is 0 Å². The van der Waals surface area contributed by atoms with Crippen LogP contribution in [0.3, 0.4) is 0 Å². The maximum absolute atomic E-state index is 12.8. The van der Waals surface area contributed by atoms with Crippen molar-refractivity contribution in [2.75, 3.05) is 0 Å². The van der Waals surface area contributed by atoms with Gasteiger partial charge in [-0.3, -0.25) is 0 Å². The molecule has 0 saturated carbocycles. The Morgan fingerprint density at radius 1 is 1.33 bits per heavy atom. The van der Waals surface area contributed by atoms with Crippen molar-refractivity contribution in [1.29, 1.82) is 0 Å². The van der Waals surface area contributed by atoms with E-state index in [4.69, 9.17) is 0 Å². The monoisotopic (exact) mass is 303 g/mol. The van der Waals surface area contributed by atoms with Gasteiger partial charge in [0, 0.05) is 0 Å². The summed E-state index contributed by atoms with van der Waals surface area (Å²) in [6.45, 7) is 0. The van der Waals surface area contributed by atoms with Gasteiger partial charge in [-0.1, -0.05) is 0 Å². The molecular weight excluding hydrogens is 303 g/mol. The predicted octanol–water partition coefficient (Wildman–Crippen LogP) is 3.68. The molecule has 0 unspecified atom stereocenters. The Labute approximate surface area is 83.2 Å². The first-order chi connectivity index (χ1) is 5.52. The summed E-state index contributed by atoms with van der Waals surface area (Å²) in [6.07, 6.45) is -2.70. The zero-order valence-corrected chi connectivity index (χ0v) is 8.66. The Bertz CT molecular complexity index is 280. The highest BCUT2D eigenvalue weighted by Crippen LogP contribution is 2.26. The molecule has 0 bridgehead atoms. The molecule has 0 spiro atoms. The zero-order valence-electron chi connectivity index (χ0n) is 5.49. The molecule has 6 heteroatoms. The highest BCUT2D eigenvalue weighted by Gasteiger charge is 2.14. The standard InChI is InChI=1S/C6H2Br2F3N/c7-2-1-3(6(10)11)12-5(8)4(2)9/h1,6H. The van der Waals surface area contributed by atoms with Gasteiger partial charge in [-0.2, -0.15) is 0 Å². The molecule has 66 valence electrons. The quantitative estimate of drug-likeness (QED) is 0.721. The predicted molar refractivity (Wildman–Crippen MR) is 44.6 cm³/mol. The van der Waals surface area contributed by atoms with Gasteiger partial charge in [0.05, 0.1) is 4.47 Å². The summed E-state index contributed by atoms with van der Waals surface area (Å²) in [4.78, 5) is 3.29. The summed E-state index contributed by atoms with van der Waals surface area (Å²) in [7, 11) is 0. The highest BCUT2D eigenvalue weighted by molar-refractivity contribution is 9.11. The van der Waals surface area contributed by atoms with Crippen LogP contribution in [0.5, 0.6) is 0 Å². The minimum Gasteiger partial charge on any atom is -0.237 e. The fourth-order valence-corrected chi connectivity index (χ4v) is 1.70. The molecule has 0 amide bonds. The summed E-state index contributed by atoms with van der Waals surface area (Å²) in [5, 5.41) is 0. The maximum Gasteiger partial charge on any atom is 0.280 e. The van der Waals surface area contributed by atoms with Crippen LogP contribution in [0.2, 0.25) is 0 Å². The summed E-state index contributed by atoms with van der Waals surface area (Å²) >= 11 is 5.50. The maximum atomic E-state index is 12.8. The minimum atomic E-state index is -2.70. The van der Waals surface area contributed by atoms with E-state index in [0.717, 1.165) is 6.07 Å². The van der Waals surface area contributed by atoms with Crippen LogP contribution in [0.25, 0.3) is 0 Å². The molecule has 0 aromatic carbocycles. The second-order valence-corrected chi connectivity index (χ2v) is 3.54. The first-order valence-electron chi connectivity index (χ1n) is 2.82. The van der Waals surface area contributed by atoms with Crippen molar-refractivity contribution in [3.05, 3.63) is 26.7 Å². The third-order valence-corrected chi connectivity index (χ3v) is 2.22. The topological polar surface area (TPSA) is 12.9 Å². The summed E-state index contributed by atoms with van der Waals surface area (Å²) in [5.74, 6) is -0.681. The molecule has 1 aromatic heterocycles. The molecule has 12 heavy (non-hydrogen) atoms. The molecule has 0 fully saturated rings. The number of hydrogen-bond acceptors (Lipinski definition) is 1. The SMILES string of the molecule is Fc1c(Br)cc(C(F)F)nc1Br. The molecule has 0 saturated heterocycles. The molecular formula is C6H2Br2F3N. The lowest BCUT2D eigenvalue weighted by Gasteiger charge is -2.01. The Balaban J connectivity index is 3.21. The molecule has 1 heterocycles. The van der Waals surface area contributed by atoms with Gasteiger partial charge < -0.3 is 0 Å². The van der Waals surface area contributed by atoms with E-state index in [1.165, 1.54) is 0 Å². The second kappa shape index (κ2) is 3.74. The molecule has 0 aliphatic carbocycles. The number of halogens is 5. The lowest BCUT2D eigenvalue weighted by molar-refractivity contribution is 0.145. The van der Waals surface area contributed by atoms with E-state index in [0.29, 0.717) is 0 Å². The number of rotatable bonds is 1. The number of pyridine rings is 1. The van der Waals surface area contributed by atoms with Crippen LogP contribution in [-0.2, 0) is 0 Å². The van der Waals surface area contributed by atoms with Crippen LogP contribution >= 0.6 is 31.9 Å².